The molecule has 0 unspecified atom stereocenters. The molecule has 7 heteroatoms. The Labute approximate surface area is 160 Å². The van der Waals surface area contributed by atoms with Crippen LogP contribution in [0.5, 0.6) is 5.88 Å². The summed E-state index contributed by atoms with van der Waals surface area (Å²) in [6.07, 6.45) is 0. The van der Waals surface area contributed by atoms with Crippen LogP contribution in [0.15, 0.2) is 60.0 Å². The molecule has 3 aromatic rings. The minimum atomic E-state index is -0.452. The molecule has 0 amide bonds. The van der Waals surface area contributed by atoms with Crippen LogP contribution in [-0.4, -0.2) is 9.78 Å². The normalized spacial score (nSPS) is 15.9. The largest absolute Gasteiger partial charge is 0.422 e. The van der Waals surface area contributed by atoms with Crippen molar-refractivity contribution < 1.29 is 9.13 Å². The van der Waals surface area contributed by atoms with E-state index in [9.17, 15) is 9.65 Å². The van der Waals surface area contributed by atoms with Gasteiger partial charge >= 0.3 is 0 Å². The lowest BCUT2D eigenvalue weighted by molar-refractivity contribution is 0.367. The molecule has 0 spiro atoms. The SMILES string of the molecule is Cc1nn(-c2ccc(F)cc2)c2c1[C@@H](c1cccc(Cl)c1)C(C#N)=C(N)O2. The van der Waals surface area contributed by atoms with Crippen molar-refractivity contribution in [2.45, 2.75) is 12.8 Å². The Balaban J connectivity index is 1.95. The fraction of sp³-hybridized carbons (Fsp3) is 0.100. The van der Waals surface area contributed by atoms with Gasteiger partial charge in [-0.25, -0.2) is 9.07 Å². The number of benzene rings is 2. The maximum atomic E-state index is 13.3. The summed E-state index contributed by atoms with van der Waals surface area (Å²) in [6.45, 7) is 1.83. The molecule has 0 fully saturated rings. The smallest absolute Gasteiger partial charge is 0.229 e. The van der Waals surface area contributed by atoms with Gasteiger partial charge < -0.3 is 10.5 Å². The van der Waals surface area contributed by atoms with Crippen molar-refractivity contribution in [3.8, 4) is 17.6 Å². The molecule has 27 heavy (non-hydrogen) atoms. The minimum Gasteiger partial charge on any atom is -0.422 e. The molecule has 4 rings (SSSR count). The summed E-state index contributed by atoms with van der Waals surface area (Å²) in [6, 6.07) is 15.3. The lowest BCUT2D eigenvalue weighted by Gasteiger charge is -2.25. The molecule has 1 aromatic heterocycles. The highest BCUT2D eigenvalue weighted by Crippen LogP contribution is 2.44. The average molecular weight is 381 g/mol. The molecule has 2 heterocycles. The monoisotopic (exact) mass is 380 g/mol. The number of hydrogen-bond acceptors (Lipinski definition) is 4. The molecule has 1 aliphatic rings. The Morgan fingerprint density at radius 2 is 2.00 bits per heavy atom. The van der Waals surface area contributed by atoms with Crippen LogP contribution in [0.3, 0.4) is 0 Å². The van der Waals surface area contributed by atoms with Gasteiger partial charge in [-0.05, 0) is 48.9 Å². The summed E-state index contributed by atoms with van der Waals surface area (Å²) in [4.78, 5) is 0. The summed E-state index contributed by atoms with van der Waals surface area (Å²) in [5.74, 6) is -0.383. The van der Waals surface area contributed by atoms with Crippen LogP contribution in [0.1, 0.15) is 22.7 Å². The second-order valence-corrected chi connectivity index (χ2v) is 6.61. The Morgan fingerprint density at radius 1 is 1.26 bits per heavy atom. The lowest BCUT2D eigenvalue weighted by atomic mass is 9.84. The maximum absolute atomic E-state index is 13.3. The zero-order valence-corrected chi connectivity index (χ0v) is 15.0. The van der Waals surface area contributed by atoms with Crippen LogP contribution in [0.25, 0.3) is 5.69 Å². The number of ether oxygens (including phenoxy) is 1. The minimum absolute atomic E-state index is 0.0123. The highest BCUT2D eigenvalue weighted by Gasteiger charge is 2.36. The highest BCUT2D eigenvalue weighted by atomic mass is 35.5. The quantitative estimate of drug-likeness (QED) is 0.723. The van der Waals surface area contributed by atoms with E-state index in [0.29, 0.717) is 27.9 Å². The van der Waals surface area contributed by atoms with Crippen LogP contribution in [0, 0.1) is 24.1 Å². The fourth-order valence-corrected chi connectivity index (χ4v) is 3.49. The van der Waals surface area contributed by atoms with E-state index in [-0.39, 0.29) is 11.7 Å². The summed E-state index contributed by atoms with van der Waals surface area (Å²) in [5.41, 5.74) is 9.20. The molecule has 0 bridgehead atoms. The van der Waals surface area contributed by atoms with E-state index in [0.717, 1.165) is 11.1 Å². The van der Waals surface area contributed by atoms with E-state index in [1.54, 1.807) is 28.9 Å². The first kappa shape index (κ1) is 17.1. The molecular formula is C20H14ClFN4O. The number of nitriles is 1. The van der Waals surface area contributed by atoms with E-state index >= 15 is 0 Å². The van der Waals surface area contributed by atoms with Gasteiger partial charge in [-0.2, -0.15) is 10.4 Å². The predicted octanol–water partition coefficient (Wildman–Crippen LogP) is 4.19. The maximum Gasteiger partial charge on any atom is 0.229 e. The third kappa shape index (κ3) is 2.82. The molecule has 1 aliphatic heterocycles. The number of rotatable bonds is 2. The zero-order chi connectivity index (χ0) is 19.1. The van der Waals surface area contributed by atoms with Gasteiger partial charge in [0, 0.05) is 5.02 Å². The summed E-state index contributed by atoms with van der Waals surface area (Å²) in [7, 11) is 0. The zero-order valence-electron chi connectivity index (χ0n) is 14.3. The van der Waals surface area contributed by atoms with Gasteiger partial charge in [0.2, 0.25) is 11.8 Å². The number of aromatic nitrogens is 2. The van der Waals surface area contributed by atoms with Crippen molar-refractivity contribution in [1.82, 2.24) is 9.78 Å². The van der Waals surface area contributed by atoms with Gasteiger partial charge in [0.25, 0.3) is 0 Å². The van der Waals surface area contributed by atoms with Crippen molar-refractivity contribution in [3.63, 3.8) is 0 Å². The highest BCUT2D eigenvalue weighted by molar-refractivity contribution is 6.30. The van der Waals surface area contributed by atoms with Crippen molar-refractivity contribution in [2.24, 2.45) is 5.73 Å². The Morgan fingerprint density at radius 3 is 2.67 bits per heavy atom. The van der Waals surface area contributed by atoms with E-state index in [1.165, 1.54) is 12.1 Å². The third-order valence-corrected chi connectivity index (χ3v) is 4.72. The average Bonchev–Trinajstić information content (AvgIpc) is 2.97. The van der Waals surface area contributed by atoms with Crippen molar-refractivity contribution in [2.75, 3.05) is 0 Å². The molecule has 0 radical (unpaired) electrons. The summed E-state index contributed by atoms with van der Waals surface area (Å²) in [5, 5.41) is 14.8. The number of nitrogens with two attached hydrogens (primary N) is 1. The number of hydrogen-bond donors (Lipinski definition) is 1. The summed E-state index contributed by atoms with van der Waals surface area (Å²) < 4.78 is 20.6. The van der Waals surface area contributed by atoms with Crippen LogP contribution < -0.4 is 10.5 Å². The molecule has 0 saturated carbocycles. The molecule has 1 atom stereocenters. The molecule has 5 nitrogen and oxygen atoms in total. The molecule has 0 aliphatic carbocycles. The van der Waals surface area contributed by atoms with Crippen molar-refractivity contribution >= 4 is 11.6 Å². The topological polar surface area (TPSA) is 76.9 Å². The van der Waals surface area contributed by atoms with Crippen molar-refractivity contribution in [1.29, 1.82) is 5.26 Å². The van der Waals surface area contributed by atoms with E-state index < -0.39 is 5.92 Å². The standard InChI is InChI=1S/C20H14ClFN4O/c1-11-17-18(12-3-2-4-13(21)9-12)16(10-23)19(24)27-20(17)26(25-11)15-7-5-14(22)6-8-15/h2-9,18H,24H2,1H3/t18-/m0/s1. The van der Waals surface area contributed by atoms with E-state index in [2.05, 4.69) is 11.2 Å². The van der Waals surface area contributed by atoms with Gasteiger partial charge in [-0.15, -0.1) is 0 Å². The van der Waals surface area contributed by atoms with Crippen molar-refractivity contribution in [3.05, 3.63) is 87.6 Å². The van der Waals surface area contributed by atoms with Crippen LogP contribution >= 0.6 is 11.6 Å². The first-order valence-corrected chi connectivity index (χ1v) is 8.56. The molecule has 134 valence electrons. The van der Waals surface area contributed by atoms with Gasteiger partial charge in [0.1, 0.15) is 17.5 Å². The molecule has 2 aromatic carbocycles. The Kier molecular flexibility index (Phi) is 4.09. The molecule has 0 saturated heterocycles. The van der Waals surface area contributed by atoms with Gasteiger partial charge in [0.15, 0.2) is 0 Å². The Bertz CT molecular complexity index is 1110. The first-order valence-electron chi connectivity index (χ1n) is 8.18. The van der Waals surface area contributed by atoms with Gasteiger partial charge in [-0.3, -0.25) is 0 Å². The number of nitrogens with zero attached hydrogens (tertiary/aromatic N) is 3. The summed E-state index contributed by atoms with van der Waals surface area (Å²) >= 11 is 6.16. The van der Waals surface area contributed by atoms with Crippen LogP contribution in [0.2, 0.25) is 5.02 Å². The van der Waals surface area contributed by atoms with E-state index in [4.69, 9.17) is 22.1 Å². The fourth-order valence-electron chi connectivity index (χ4n) is 3.29. The predicted molar refractivity (Wildman–Crippen MR) is 99.0 cm³/mol. The van der Waals surface area contributed by atoms with Crippen LogP contribution in [-0.2, 0) is 0 Å². The first-order chi connectivity index (χ1) is 13.0. The van der Waals surface area contributed by atoms with Gasteiger partial charge in [-0.1, -0.05) is 23.7 Å². The van der Waals surface area contributed by atoms with E-state index in [1.807, 2.05) is 19.1 Å². The van der Waals surface area contributed by atoms with Gasteiger partial charge in [0.05, 0.1) is 22.9 Å². The molecular weight excluding hydrogens is 367 g/mol. The number of aryl methyl sites for hydroxylation is 1. The number of allylic oxidation sites excluding steroid dienone is 1. The van der Waals surface area contributed by atoms with Crippen LogP contribution in [0.4, 0.5) is 4.39 Å². The number of halogens is 2. The Hall–Kier alpha value is -3.30. The number of fused-ring (bicyclic) bond motifs is 1. The molecule has 2 N–H and O–H groups in total. The second-order valence-electron chi connectivity index (χ2n) is 6.17. The lowest BCUT2D eigenvalue weighted by Crippen LogP contribution is -2.22. The third-order valence-electron chi connectivity index (χ3n) is 4.49. The second kappa shape index (κ2) is 6.45.